The van der Waals surface area contributed by atoms with Crippen molar-refractivity contribution in [1.29, 1.82) is 0 Å². The van der Waals surface area contributed by atoms with Crippen molar-refractivity contribution in [3.8, 4) is 5.75 Å². The number of rotatable bonds is 2. The first kappa shape index (κ1) is 12.2. The molecule has 2 N–H and O–H groups in total. The van der Waals surface area contributed by atoms with Crippen LogP contribution in [0.15, 0.2) is 18.2 Å². The van der Waals surface area contributed by atoms with Crippen LogP contribution in [0.25, 0.3) is 0 Å². The Kier molecular flexibility index (Phi) is 3.84. The van der Waals surface area contributed by atoms with Crippen molar-refractivity contribution in [3.63, 3.8) is 0 Å². The first-order valence-corrected chi connectivity index (χ1v) is 6.39. The van der Waals surface area contributed by atoms with Crippen LogP contribution in [0.3, 0.4) is 0 Å². The summed E-state index contributed by atoms with van der Waals surface area (Å²) in [5.74, 6) is 0.971. The zero-order valence-corrected chi connectivity index (χ0v) is 11.1. The Bertz CT molecular complexity index is 420. The van der Waals surface area contributed by atoms with Crippen LogP contribution in [0.4, 0.5) is 0 Å². The van der Waals surface area contributed by atoms with Crippen LogP contribution in [0, 0.1) is 6.92 Å². The highest BCUT2D eigenvalue weighted by Gasteiger charge is 2.21. The molecule has 0 bridgehead atoms. The van der Waals surface area contributed by atoms with Gasteiger partial charge in [-0.15, -0.1) is 0 Å². The second-order valence-corrected chi connectivity index (χ2v) is 4.64. The number of hydrogen-bond acceptors (Lipinski definition) is 2. The van der Waals surface area contributed by atoms with Gasteiger partial charge in [0.05, 0.1) is 12.6 Å². The van der Waals surface area contributed by atoms with Crippen LogP contribution in [0.5, 0.6) is 5.75 Å². The van der Waals surface area contributed by atoms with E-state index in [1.807, 2.05) is 13.0 Å². The van der Waals surface area contributed by atoms with Crippen molar-refractivity contribution in [2.24, 2.45) is 0 Å². The molecule has 1 atom stereocenters. The molecule has 17 heavy (non-hydrogen) atoms. The fraction of sp³-hybridized carbons (Fsp3) is 0.462. The summed E-state index contributed by atoms with van der Waals surface area (Å²) >= 11 is 5.23. The fourth-order valence-corrected chi connectivity index (χ4v) is 2.32. The lowest BCUT2D eigenvalue weighted by molar-refractivity contribution is 0.262. The number of hydrogen-bond donors (Lipinski definition) is 2. The summed E-state index contributed by atoms with van der Waals surface area (Å²) in [6.45, 7) is 5.71. The molecule has 1 aliphatic heterocycles. The smallest absolute Gasteiger partial charge is 0.166 e. The molecule has 1 heterocycles. The molecule has 1 aromatic carbocycles. The molecule has 0 amide bonds. The van der Waals surface area contributed by atoms with Gasteiger partial charge in [0.1, 0.15) is 5.75 Å². The molecule has 1 unspecified atom stereocenters. The maximum atomic E-state index is 5.65. The maximum Gasteiger partial charge on any atom is 0.166 e. The standard InChI is InChI=1S/C13H18N2OS/c1-3-14-13(17)15-11-6-7-16-12-5-4-9(2)8-10(11)12/h4-5,8,11H,3,6-7H2,1-2H3,(H2,14,15,17). The van der Waals surface area contributed by atoms with Gasteiger partial charge in [0.2, 0.25) is 0 Å². The van der Waals surface area contributed by atoms with Gasteiger partial charge in [-0.2, -0.15) is 0 Å². The minimum atomic E-state index is 0.255. The summed E-state index contributed by atoms with van der Waals surface area (Å²) in [6.07, 6.45) is 0.946. The van der Waals surface area contributed by atoms with Gasteiger partial charge < -0.3 is 15.4 Å². The molecule has 4 heteroatoms. The molecule has 1 aliphatic rings. The largest absolute Gasteiger partial charge is 0.493 e. The Labute approximate surface area is 108 Å². The number of ether oxygens (including phenoxy) is 1. The monoisotopic (exact) mass is 250 g/mol. The maximum absolute atomic E-state index is 5.65. The van der Waals surface area contributed by atoms with E-state index in [-0.39, 0.29) is 6.04 Å². The first-order valence-electron chi connectivity index (χ1n) is 5.98. The van der Waals surface area contributed by atoms with Crippen LogP contribution >= 0.6 is 12.2 Å². The van der Waals surface area contributed by atoms with Gasteiger partial charge in [-0.1, -0.05) is 17.7 Å². The Morgan fingerprint density at radius 2 is 2.35 bits per heavy atom. The van der Waals surface area contributed by atoms with Gasteiger partial charge in [-0.05, 0) is 32.1 Å². The molecule has 1 aromatic rings. The molecule has 3 nitrogen and oxygen atoms in total. The van der Waals surface area contributed by atoms with Crippen molar-refractivity contribution in [1.82, 2.24) is 10.6 Å². The molecule has 2 rings (SSSR count). The van der Waals surface area contributed by atoms with E-state index in [0.717, 1.165) is 25.3 Å². The van der Waals surface area contributed by atoms with E-state index in [4.69, 9.17) is 17.0 Å². The van der Waals surface area contributed by atoms with Crippen LogP contribution in [0.1, 0.15) is 30.5 Å². The molecule has 0 radical (unpaired) electrons. The number of fused-ring (bicyclic) bond motifs is 1. The number of benzene rings is 1. The van der Waals surface area contributed by atoms with Gasteiger partial charge in [-0.3, -0.25) is 0 Å². The highest BCUT2D eigenvalue weighted by atomic mass is 32.1. The number of aryl methyl sites for hydroxylation is 1. The third-order valence-electron chi connectivity index (χ3n) is 2.85. The van der Waals surface area contributed by atoms with Crippen LogP contribution < -0.4 is 15.4 Å². The molecular formula is C13H18N2OS. The molecule has 0 saturated carbocycles. The van der Waals surface area contributed by atoms with Crippen molar-refractivity contribution in [3.05, 3.63) is 29.3 Å². The van der Waals surface area contributed by atoms with Crippen molar-refractivity contribution >= 4 is 17.3 Å². The quantitative estimate of drug-likeness (QED) is 0.789. The van der Waals surface area contributed by atoms with E-state index in [9.17, 15) is 0 Å². The molecule has 92 valence electrons. The van der Waals surface area contributed by atoms with Crippen LogP contribution in [-0.4, -0.2) is 18.3 Å². The lowest BCUT2D eigenvalue weighted by Crippen LogP contribution is -2.39. The lowest BCUT2D eigenvalue weighted by Gasteiger charge is -2.28. The first-order chi connectivity index (χ1) is 8.20. The van der Waals surface area contributed by atoms with Gasteiger partial charge in [0.25, 0.3) is 0 Å². The second-order valence-electron chi connectivity index (χ2n) is 4.23. The SMILES string of the molecule is CCNC(=S)NC1CCOc2ccc(C)cc21. The number of nitrogens with one attached hydrogen (secondary N) is 2. The summed E-state index contributed by atoms with van der Waals surface area (Å²) in [6, 6.07) is 6.53. The highest BCUT2D eigenvalue weighted by Crippen LogP contribution is 2.32. The third kappa shape index (κ3) is 2.88. The van der Waals surface area contributed by atoms with Crippen molar-refractivity contribution < 1.29 is 4.74 Å². The topological polar surface area (TPSA) is 33.3 Å². The van der Waals surface area contributed by atoms with E-state index in [2.05, 4.69) is 29.7 Å². The lowest BCUT2D eigenvalue weighted by atomic mass is 9.99. The third-order valence-corrected chi connectivity index (χ3v) is 3.11. The van der Waals surface area contributed by atoms with E-state index >= 15 is 0 Å². The number of thiocarbonyl (C=S) groups is 1. The van der Waals surface area contributed by atoms with E-state index < -0.39 is 0 Å². The Morgan fingerprint density at radius 1 is 1.53 bits per heavy atom. The zero-order chi connectivity index (χ0) is 12.3. The molecule has 0 spiro atoms. The second kappa shape index (κ2) is 5.36. The van der Waals surface area contributed by atoms with Crippen molar-refractivity contribution in [2.45, 2.75) is 26.3 Å². The van der Waals surface area contributed by atoms with Crippen LogP contribution in [0.2, 0.25) is 0 Å². The molecule has 0 aromatic heterocycles. The Morgan fingerprint density at radius 3 is 3.12 bits per heavy atom. The van der Waals surface area contributed by atoms with Crippen molar-refractivity contribution in [2.75, 3.05) is 13.2 Å². The van der Waals surface area contributed by atoms with E-state index in [1.165, 1.54) is 11.1 Å². The zero-order valence-electron chi connectivity index (χ0n) is 10.2. The Balaban J connectivity index is 2.16. The minimum Gasteiger partial charge on any atom is -0.493 e. The molecule has 0 fully saturated rings. The van der Waals surface area contributed by atoms with Gasteiger partial charge in [-0.25, -0.2) is 0 Å². The summed E-state index contributed by atoms with van der Waals surface area (Å²) in [5.41, 5.74) is 2.45. The predicted molar refractivity (Wildman–Crippen MR) is 73.4 cm³/mol. The summed E-state index contributed by atoms with van der Waals surface area (Å²) in [4.78, 5) is 0. The fourth-order valence-electron chi connectivity index (χ4n) is 2.03. The highest BCUT2D eigenvalue weighted by molar-refractivity contribution is 7.80. The summed E-state index contributed by atoms with van der Waals surface area (Å²) in [7, 11) is 0. The molecule has 0 aliphatic carbocycles. The van der Waals surface area contributed by atoms with E-state index in [1.54, 1.807) is 0 Å². The van der Waals surface area contributed by atoms with Gasteiger partial charge in [0, 0.05) is 18.5 Å². The molecular weight excluding hydrogens is 232 g/mol. The van der Waals surface area contributed by atoms with E-state index in [0.29, 0.717) is 5.11 Å². The Hall–Kier alpha value is -1.29. The average Bonchev–Trinajstić information content (AvgIpc) is 2.30. The predicted octanol–water partition coefficient (Wildman–Crippen LogP) is 2.30. The van der Waals surface area contributed by atoms with Gasteiger partial charge >= 0.3 is 0 Å². The van der Waals surface area contributed by atoms with Gasteiger partial charge in [0.15, 0.2) is 5.11 Å². The molecule has 0 saturated heterocycles. The minimum absolute atomic E-state index is 0.255. The van der Waals surface area contributed by atoms with Crippen LogP contribution in [-0.2, 0) is 0 Å². The normalized spacial score (nSPS) is 17.9. The average molecular weight is 250 g/mol. The summed E-state index contributed by atoms with van der Waals surface area (Å²) in [5, 5.41) is 7.18. The summed E-state index contributed by atoms with van der Waals surface area (Å²) < 4.78 is 5.65.